The second-order valence-electron chi connectivity index (χ2n) is 7.71. The van der Waals surface area contributed by atoms with Gasteiger partial charge in [0.15, 0.2) is 16.7 Å². The zero-order valence-corrected chi connectivity index (χ0v) is 21.3. The number of anilines is 1. The second-order valence-corrected chi connectivity index (χ2v) is 9.09. The highest BCUT2D eigenvalue weighted by atomic mass is 35.5. The number of imidazole rings is 1. The third kappa shape index (κ3) is 5.99. The summed E-state index contributed by atoms with van der Waals surface area (Å²) in [6, 6.07) is 21.0. The number of aromatic nitrogens is 2. The highest BCUT2D eigenvalue weighted by Crippen LogP contribution is 2.34. The number of aryl methyl sites for hydroxylation is 1. The molecule has 1 amide bonds. The summed E-state index contributed by atoms with van der Waals surface area (Å²) in [5.74, 6) is 1.38. The van der Waals surface area contributed by atoms with E-state index in [4.69, 9.17) is 26.1 Å². The molecule has 0 atom stereocenters. The van der Waals surface area contributed by atoms with Crippen molar-refractivity contribution in [3.05, 3.63) is 83.5 Å². The summed E-state index contributed by atoms with van der Waals surface area (Å²) in [5, 5.41) is 4.29. The van der Waals surface area contributed by atoms with Crippen LogP contribution in [0.3, 0.4) is 0 Å². The lowest BCUT2D eigenvalue weighted by molar-refractivity contribution is -0.113. The molecule has 0 aliphatic carbocycles. The Balaban J connectivity index is 1.59. The van der Waals surface area contributed by atoms with Crippen LogP contribution in [0.4, 0.5) is 5.69 Å². The van der Waals surface area contributed by atoms with Gasteiger partial charge < -0.3 is 14.8 Å². The van der Waals surface area contributed by atoms with Gasteiger partial charge in [0.25, 0.3) is 0 Å². The quantitative estimate of drug-likeness (QED) is 0.262. The number of nitrogens with one attached hydrogen (secondary N) is 1. The van der Waals surface area contributed by atoms with Crippen LogP contribution in [0.1, 0.15) is 12.5 Å². The number of hydrogen-bond acceptors (Lipinski definition) is 5. The fourth-order valence-electron chi connectivity index (χ4n) is 3.54. The lowest BCUT2D eigenvalue weighted by atomic mass is 10.1. The molecular weight excluding hydrogens is 482 g/mol. The summed E-state index contributed by atoms with van der Waals surface area (Å²) in [4.78, 5) is 17.5. The van der Waals surface area contributed by atoms with Gasteiger partial charge in [-0.3, -0.25) is 9.36 Å². The van der Waals surface area contributed by atoms with Crippen molar-refractivity contribution in [3.63, 3.8) is 0 Å². The van der Waals surface area contributed by atoms with Crippen molar-refractivity contribution in [1.82, 2.24) is 9.55 Å². The molecule has 1 aromatic heterocycles. The second kappa shape index (κ2) is 11.3. The molecule has 0 aliphatic rings. The minimum absolute atomic E-state index is 0.0995. The van der Waals surface area contributed by atoms with Gasteiger partial charge in [-0.05, 0) is 66.6 Å². The van der Waals surface area contributed by atoms with Gasteiger partial charge in [-0.2, -0.15) is 0 Å². The van der Waals surface area contributed by atoms with E-state index in [0.29, 0.717) is 21.7 Å². The molecule has 1 N–H and O–H groups in total. The van der Waals surface area contributed by atoms with Crippen LogP contribution in [0.25, 0.3) is 16.9 Å². The molecule has 0 aliphatic heterocycles. The Hall–Kier alpha value is -3.42. The van der Waals surface area contributed by atoms with Gasteiger partial charge in [0, 0.05) is 28.2 Å². The highest BCUT2D eigenvalue weighted by Gasteiger charge is 2.16. The van der Waals surface area contributed by atoms with E-state index in [1.165, 1.54) is 17.3 Å². The van der Waals surface area contributed by atoms with E-state index in [9.17, 15) is 4.79 Å². The summed E-state index contributed by atoms with van der Waals surface area (Å²) < 4.78 is 12.8. The number of ether oxygens (including phenoxy) is 2. The third-order valence-corrected chi connectivity index (χ3v) is 6.64. The first-order chi connectivity index (χ1) is 17.0. The van der Waals surface area contributed by atoms with Crippen LogP contribution in [-0.2, 0) is 11.2 Å². The largest absolute Gasteiger partial charge is 0.493 e. The maximum absolute atomic E-state index is 12.6. The first-order valence-electron chi connectivity index (χ1n) is 11.1. The zero-order valence-electron chi connectivity index (χ0n) is 19.7. The van der Waals surface area contributed by atoms with Gasteiger partial charge in [0.2, 0.25) is 5.91 Å². The molecule has 1 heterocycles. The maximum Gasteiger partial charge on any atom is 0.234 e. The average Bonchev–Trinajstić information content (AvgIpc) is 3.32. The molecule has 0 unspecified atom stereocenters. The van der Waals surface area contributed by atoms with Crippen molar-refractivity contribution in [3.8, 4) is 28.4 Å². The molecule has 6 nitrogen and oxygen atoms in total. The minimum Gasteiger partial charge on any atom is -0.493 e. The van der Waals surface area contributed by atoms with E-state index >= 15 is 0 Å². The predicted octanol–water partition coefficient (Wildman–Crippen LogP) is 6.50. The van der Waals surface area contributed by atoms with E-state index in [2.05, 4.69) is 12.2 Å². The summed E-state index contributed by atoms with van der Waals surface area (Å²) in [6.45, 7) is 2.10. The van der Waals surface area contributed by atoms with Crippen molar-refractivity contribution in [2.24, 2.45) is 0 Å². The Morgan fingerprint density at radius 3 is 2.37 bits per heavy atom. The molecule has 0 radical (unpaired) electrons. The van der Waals surface area contributed by atoms with Gasteiger partial charge in [-0.1, -0.05) is 42.4 Å². The van der Waals surface area contributed by atoms with Crippen LogP contribution in [0.2, 0.25) is 5.02 Å². The lowest BCUT2D eigenvalue weighted by Crippen LogP contribution is -2.14. The molecule has 3 aromatic carbocycles. The first kappa shape index (κ1) is 24.7. The number of methoxy groups -OCH3 is 2. The van der Waals surface area contributed by atoms with E-state index < -0.39 is 0 Å². The molecule has 0 fully saturated rings. The average molecular weight is 508 g/mol. The zero-order chi connectivity index (χ0) is 24.8. The molecule has 0 bridgehead atoms. The molecule has 4 rings (SSSR count). The number of carbonyl (C=O) groups excluding carboxylic acids is 1. The lowest BCUT2D eigenvalue weighted by Gasteiger charge is -2.08. The molecule has 180 valence electrons. The number of benzene rings is 3. The van der Waals surface area contributed by atoms with Crippen molar-refractivity contribution in [2.45, 2.75) is 18.5 Å². The monoisotopic (exact) mass is 507 g/mol. The molecule has 35 heavy (non-hydrogen) atoms. The Morgan fingerprint density at radius 2 is 1.71 bits per heavy atom. The predicted molar refractivity (Wildman–Crippen MR) is 142 cm³/mol. The van der Waals surface area contributed by atoms with Crippen LogP contribution in [0, 0.1) is 0 Å². The van der Waals surface area contributed by atoms with Gasteiger partial charge in [0.1, 0.15) is 0 Å². The minimum atomic E-state index is -0.0995. The number of rotatable bonds is 9. The van der Waals surface area contributed by atoms with Crippen LogP contribution >= 0.6 is 23.4 Å². The Labute approximate surface area is 214 Å². The van der Waals surface area contributed by atoms with Crippen LogP contribution in [0.15, 0.2) is 78.1 Å². The fraction of sp³-hybridized carbons (Fsp3) is 0.185. The smallest absolute Gasteiger partial charge is 0.234 e. The summed E-state index contributed by atoms with van der Waals surface area (Å²) in [6.07, 6.45) is 2.90. The van der Waals surface area contributed by atoms with Crippen LogP contribution in [-0.4, -0.2) is 35.4 Å². The maximum atomic E-state index is 12.6. The summed E-state index contributed by atoms with van der Waals surface area (Å²) in [7, 11) is 3.20. The number of halogens is 1. The Morgan fingerprint density at radius 1 is 1.00 bits per heavy atom. The van der Waals surface area contributed by atoms with E-state index in [1.807, 2.05) is 77.5 Å². The van der Waals surface area contributed by atoms with Crippen molar-refractivity contribution in [2.75, 3.05) is 25.3 Å². The van der Waals surface area contributed by atoms with Gasteiger partial charge >= 0.3 is 0 Å². The normalized spacial score (nSPS) is 10.7. The van der Waals surface area contributed by atoms with Gasteiger partial charge in [-0.25, -0.2) is 4.98 Å². The Bertz CT molecular complexity index is 1300. The standard InChI is InChI=1S/C27H26ClN3O3S/c1-4-18-5-10-21(11-6-18)29-26(32)17-35-27-30-23(16-31(27)22-12-8-20(28)9-13-22)19-7-14-24(33-2)25(15-19)34-3/h5-16H,4,17H2,1-3H3,(H,29,32). The number of thioether (sulfide) groups is 1. The molecule has 0 saturated heterocycles. The van der Waals surface area contributed by atoms with Gasteiger partial charge in [-0.15, -0.1) is 0 Å². The first-order valence-corrected chi connectivity index (χ1v) is 12.5. The highest BCUT2D eigenvalue weighted by molar-refractivity contribution is 7.99. The number of amides is 1. The summed E-state index contributed by atoms with van der Waals surface area (Å²) in [5.41, 5.74) is 4.52. The number of hydrogen-bond donors (Lipinski definition) is 1. The molecule has 8 heteroatoms. The van der Waals surface area contributed by atoms with Crippen molar-refractivity contribution >= 4 is 35.0 Å². The molecule has 0 saturated carbocycles. The third-order valence-electron chi connectivity index (χ3n) is 5.44. The number of carbonyl (C=O) groups is 1. The molecule has 4 aromatic rings. The molecular formula is C27H26ClN3O3S. The van der Waals surface area contributed by atoms with E-state index in [-0.39, 0.29) is 11.7 Å². The van der Waals surface area contributed by atoms with Crippen molar-refractivity contribution in [1.29, 1.82) is 0 Å². The van der Waals surface area contributed by atoms with Crippen LogP contribution in [0.5, 0.6) is 11.5 Å². The SMILES string of the molecule is CCc1ccc(NC(=O)CSc2nc(-c3ccc(OC)c(OC)c3)cn2-c2ccc(Cl)cc2)cc1. The number of nitrogens with zero attached hydrogens (tertiary/aromatic N) is 2. The van der Waals surface area contributed by atoms with Gasteiger partial charge in [0.05, 0.1) is 25.7 Å². The van der Waals surface area contributed by atoms with E-state index in [0.717, 1.165) is 29.1 Å². The van der Waals surface area contributed by atoms with Crippen molar-refractivity contribution < 1.29 is 14.3 Å². The van der Waals surface area contributed by atoms with E-state index in [1.54, 1.807) is 14.2 Å². The topological polar surface area (TPSA) is 65.4 Å². The Kier molecular flexibility index (Phi) is 8.00. The van der Waals surface area contributed by atoms with Crippen LogP contribution < -0.4 is 14.8 Å². The fourth-order valence-corrected chi connectivity index (χ4v) is 4.46. The summed E-state index contributed by atoms with van der Waals surface area (Å²) >= 11 is 7.46. The molecule has 0 spiro atoms.